The maximum absolute atomic E-state index is 12.8. The third-order valence-electron chi connectivity index (χ3n) is 4.51. The van der Waals surface area contributed by atoms with Crippen LogP contribution in [0.3, 0.4) is 0 Å². The number of hydrogen-bond acceptors (Lipinski definition) is 5. The smallest absolute Gasteiger partial charge is 0.254 e. The minimum Gasteiger partial charge on any atom is -0.467 e. The Balaban J connectivity index is 1.34. The van der Waals surface area contributed by atoms with Gasteiger partial charge in [0.05, 0.1) is 18.4 Å². The van der Waals surface area contributed by atoms with Crippen molar-refractivity contribution < 1.29 is 13.9 Å². The zero-order chi connectivity index (χ0) is 21.3. The lowest BCUT2D eigenvalue weighted by Gasteiger charge is -2.10. The summed E-state index contributed by atoms with van der Waals surface area (Å²) < 4.78 is 11.0. The lowest BCUT2D eigenvalue weighted by atomic mass is 10.1. The molecule has 0 spiro atoms. The molecule has 0 bridgehead atoms. The number of nitrogens with one attached hydrogen (secondary N) is 1. The lowest BCUT2D eigenvalue weighted by molar-refractivity contribution is 0.0928. The summed E-state index contributed by atoms with van der Waals surface area (Å²) in [6.45, 7) is 1.33. The van der Waals surface area contributed by atoms with Gasteiger partial charge in [0.25, 0.3) is 5.91 Å². The van der Waals surface area contributed by atoms with E-state index in [-0.39, 0.29) is 5.91 Å². The Hall–Kier alpha value is -3.35. The molecular weight excluding hydrogens is 408 g/mol. The first kappa shape index (κ1) is 20.9. The molecular formula is C25H22N2O3S. The summed E-state index contributed by atoms with van der Waals surface area (Å²) in [6, 6.07) is 25.2. The molecule has 0 unspecified atom stereocenters. The fourth-order valence-electron chi connectivity index (χ4n) is 3.02. The van der Waals surface area contributed by atoms with Crippen LogP contribution in [0.15, 0.2) is 106 Å². The number of aromatic nitrogens is 1. The highest BCUT2D eigenvalue weighted by atomic mass is 32.2. The number of rotatable bonds is 9. The van der Waals surface area contributed by atoms with Gasteiger partial charge in [-0.05, 0) is 47.5 Å². The average molecular weight is 431 g/mol. The molecule has 0 saturated carbocycles. The molecule has 31 heavy (non-hydrogen) atoms. The number of pyridine rings is 1. The Morgan fingerprint density at radius 1 is 0.935 bits per heavy atom. The van der Waals surface area contributed by atoms with Gasteiger partial charge in [0.2, 0.25) is 0 Å². The maximum Gasteiger partial charge on any atom is 0.254 e. The van der Waals surface area contributed by atoms with Crippen molar-refractivity contribution >= 4 is 17.7 Å². The van der Waals surface area contributed by atoms with Gasteiger partial charge < -0.3 is 14.5 Å². The summed E-state index contributed by atoms with van der Waals surface area (Å²) >= 11 is 1.48. The zero-order valence-electron chi connectivity index (χ0n) is 16.9. The van der Waals surface area contributed by atoms with Crippen molar-refractivity contribution in [3.05, 3.63) is 114 Å². The van der Waals surface area contributed by atoms with Crippen LogP contribution in [0.4, 0.5) is 0 Å². The van der Waals surface area contributed by atoms with Crippen molar-refractivity contribution in [2.24, 2.45) is 0 Å². The van der Waals surface area contributed by atoms with E-state index in [1.165, 1.54) is 11.8 Å². The number of carbonyl (C=O) groups excluding carboxylic acids is 1. The second kappa shape index (κ2) is 10.6. The fourth-order valence-corrected chi connectivity index (χ4v) is 3.92. The van der Waals surface area contributed by atoms with Gasteiger partial charge in [0, 0.05) is 17.6 Å². The molecule has 6 heteroatoms. The fraction of sp³-hybridized carbons (Fsp3) is 0.120. The van der Waals surface area contributed by atoms with Crippen molar-refractivity contribution in [3.63, 3.8) is 0 Å². The van der Waals surface area contributed by atoms with E-state index < -0.39 is 0 Å². The first-order chi connectivity index (χ1) is 15.3. The normalized spacial score (nSPS) is 10.7. The van der Waals surface area contributed by atoms with Crippen LogP contribution in [-0.2, 0) is 24.5 Å². The molecule has 4 aromatic rings. The van der Waals surface area contributed by atoms with E-state index in [1.54, 1.807) is 24.6 Å². The lowest BCUT2D eigenvalue weighted by Crippen LogP contribution is -2.23. The van der Waals surface area contributed by atoms with Crippen molar-refractivity contribution in [2.45, 2.75) is 29.7 Å². The van der Waals surface area contributed by atoms with Crippen molar-refractivity contribution in [3.8, 4) is 0 Å². The van der Waals surface area contributed by atoms with Gasteiger partial charge in [-0.2, -0.15) is 0 Å². The minimum atomic E-state index is -0.147. The first-order valence-electron chi connectivity index (χ1n) is 9.92. The Morgan fingerprint density at radius 2 is 1.81 bits per heavy atom. The van der Waals surface area contributed by atoms with Gasteiger partial charge in [0.15, 0.2) is 0 Å². The summed E-state index contributed by atoms with van der Waals surface area (Å²) in [7, 11) is 0. The van der Waals surface area contributed by atoms with Gasteiger partial charge in [0.1, 0.15) is 17.4 Å². The molecule has 5 nitrogen and oxygen atoms in total. The van der Waals surface area contributed by atoms with Crippen LogP contribution in [0, 0.1) is 0 Å². The van der Waals surface area contributed by atoms with Crippen LogP contribution in [0.2, 0.25) is 0 Å². The monoisotopic (exact) mass is 430 g/mol. The zero-order valence-corrected chi connectivity index (χ0v) is 17.7. The number of ether oxygens (including phenoxy) is 1. The quantitative estimate of drug-likeness (QED) is 0.381. The number of benzene rings is 2. The van der Waals surface area contributed by atoms with Gasteiger partial charge in [-0.25, -0.2) is 4.98 Å². The summed E-state index contributed by atoms with van der Waals surface area (Å²) in [6.07, 6.45) is 3.34. The van der Waals surface area contributed by atoms with Gasteiger partial charge in [-0.15, -0.1) is 0 Å². The summed E-state index contributed by atoms with van der Waals surface area (Å²) in [5.74, 6) is 0.648. The van der Waals surface area contributed by atoms with Gasteiger partial charge in [-0.3, -0.25) is 4.79 Å². The van der Waals surface area contributed by atoms with E-state index in [4.69, 9.17) is 9.15 Å². The van der Waals surface area contributed by atoms with E-state index in [0.717, 1.165) is 21.8 Å². The van der Waals surface area contributed by atoms with E-state index in [1.807, 2.05) is 66.7 Å². The van der Waals surface area contributed by atoms with E-state index in [2.05, 4.69) is 10.3 Å². The molecule has 2 heterocycles. The molecule has 2 aromatic heterocycles. The van der Waals surface area contributed by atoms with Crippen LogP contribution in [0.1, 0.15) is 27.2 Å². The highest BCUT2D eigenvalue weighted by Gasteiger charge is 2.13. The largest absolute Gasteiger partial charge is 0.467 e. The Kier molecular flexibility index (Phi) is 7.16. The number of carbonyl (C=O) groups is 1. The molecule has 0 saturated heterocycles. The van der Waals surface area contributed by atoms with Crippen LogP contribution in [0.25, 0.3) is 0 Å². The molecule has 0 aliphatic heterocycles. The maximum atomic E-state index is 12.8. The number of hydrogen-bond donors (Lipinski definition) is 1. The van der Waals surface area contributed by atoms with Gasteiger partial charge in [-0.1, -0.05) is 54.2 Å². The van der Waals surface area contributed by atoms with Gasteiger partial charge >= 0.3 is 0 Å². The predicted octanol–water partition coefficient (Wildman–Crippen LogP) is 5.47. The molecule has 0 fully saturated rings. The van der Waals surface area contributed by atoms with Crippen molar-refractivity contribution in [2.75, 3.05) is 0 Å². The number of amides is 1. The standard InChI is InChI=1S/C25H22N2O3S/c28-24(23-12-5-13-26-25(23)31-22-10-2-1-3-11-22)27-16-19-7-4-8-20(15-19)17-29-18-21-9-6-14-30-21/h1-15H,16-18H2,(H,27,28). The van der Waals surface area contributed by atoms with Crippen LogP contribution >= 0.6 is 11.8 Å². The molecule has 4 rings (SSSR count). The van der Waals surface area contributed by atoms with Crippen molar-refractivity contribution in [1.82, 2.24) is 10.3 Å². The summed E-state index contributed by atoms with van der Waals surface area (Å²) in [5.41, 5.74) is 2.61. The molecule has 0 atom stereocenters. The first-order valence-corrected chi connectivity index (χ1v) is 10.7. The SMILES string of the molecule is O=C(NCc1cccc(COCc2ccco2)c1)c1cccnc1Sc1ccccc1. The molecule has 1 N–H and O–H groups in total. The molecule has 0 radical (unpaired) electrons. The molecule has 0 aliphatic carbocycles. The van der Waals surface area contributed by atoms with E-state index in [0.29, 0.717) is 30.3 Å². The molecule has 1 amide bonds. The van der Waals surface area contributed by atoms with Crippen LogP contribution in [-0.4, -0.2) is 10.9 Å². The van der Waals surface area contributed by atoms with Crippen LogP contribution < -0.4 is 5.32 Å². The van der Waals surface area contributed by atoms with E-state index in [9.17, 15) is 4.79 Å². The Morgan fingerprint density at radius 3 is 2.65 bits per heavy atom. The molecule has 156 valence electrons. The Bertz CT molecular complexity index is 1110. The highest BCUT2D eigenvalue weighted by molar-refractivity contribution is 7.99. The number of furan rings is 1. The number of nitrogens with zero attached hydrogens (tertiary/aromatic N) is 1. The summed E-state index contributed by atoms with van der Waals surface area (Å²) in [5, 5.41) is 3.69. The third-order valence-corrected chi connectivity index (χ3v) is 5.54. The second-order valence-corrected chi connectivity index (χ2v) is 7.91. The Labute approximate surface area is 185 Å². The second-order valence-electron chi connectivity index (χ2n) is 6.85. The minimum absolute atomic E-state index is 0.147. The topological polar surface area (TPSA) is 64.4 Å². The van der Waals surface area contributed by atoms with Crippen LogP contribution in [0.5, 0.6) is 0 Å². The highest BCUT2D eigenvalue weighted by Crippen LogP contribution is 2.28. The average Bonchev–Trinajstić information content (AvgIpc) is 3.32. The molecule has 0 aliphatic rings. The van der Waals surface area contributed by atoms with E-state index >= 15 is 0 Å². The molecule has 2 aromatic carbocycles. The summed E-state index contributed by atoms with van der Waals surface area (Å²) in [4.78, 5) is 18.3. The predicted molar refractivity (Wildman–Crippen MR) is 120 cm³/mol. The van der Waals surface area contributed by atoms with Crippen molar-refractivity contribution in [1.29, 1.82) is 0 Å². The third kappa shape index (κ3) is 6.07.